The molecule has 0 saturated heterocycles. The van der Waals surface area contributed by atoms with Gasteiger partial charge in [-0.05, 0) is 42.9 Å². The Labute approximate surface area is 173 Å². The Balaban J connectivity index is 2.34. The summed E-state index contributed by atoms with van der Waals surface area (Å²) in [5, 5.41) is 2.05. The van der Waals surface area contributed by atoms with Gasteiger partial charge < -0.3 is 10.1 Å². The van der Waals surface area contributed by atoms with Crippen LogP contribution in [0.15, 0.2) is 47.4 Å². The quantitative estimate of drug-likeness (QED) is 0.578. The van der Waals surface area contributed by atoms with Crippen LogP contribution >= 0.6 is 11.6 Å². The van der Waals surface area contributed by atoms with Crippen LogP contribution in [0, 0.1) is 0 Å². The highest BCUT2D eigenvalue weighted by atomic mass is 35.5. The monoisotopic (exact) mass is 476 g/mol. The maximum absolute atomic E-state index is 13.0. The van der Waals surface area contributed by atoms with Crippen molar-refractivity contribution in [3.8, 4) is 5.75 Å². The van der Waals surface area contributed by atoms with Gasteiger partial charge in [-0.2, -0.15) is 13.2 Å². The number of hydrogen-bond acceptors (Lipinski definition) is 4. The minimum Gasteiger partial charge on any atom is -0.404 e. The highest BCUT2D eigenvalue weighted by Gasteiger charge is 2.33. The Morgan fingerprint density at radius 1 is 1.07 bits per heavy atom. The van der Waals surface area contributed by atoms with Gasteiger partial charge >= 0.3 is 12.5 Å². The summed E-state index contributed by atoms with van der Waals surface area (Å²) in [6, 6.07) is 5.29. The second-order valence-corrected chi connectivity index (χ2v) is 8.12. The van der Waals surface area contributed by atoms with Crippen molar-refractivity contribution >= 4 is 21.6 Å². The smallest absolute Gasteiger partial charge is 0.404 e. The maximum atomic E-state index is 13.0. The van der Waals surface area contributed by atoms with Crippen molar-refractivity contribution in [1.29, 1.82) is 0 Å². The molecule has 0 aromatic heterocycles. The van der Waals surface area contributed by atoms with Crippen molar-refractivity contribution in [1.82, 2.24) is 10.0 Å². The highest BCUT2D eigenvalue weighted by Crippen LogP contribution is 2.33. The Bertz CT molecular complexity index is 996. The molecular weight excluding hydrogens is 462 g/mol. The van der Waals surface area contributed by atoms with E-state index in [1.807, 2.05) is 0 Å². The van der Waals surface area contributed by atoms with Crippen LogP contribution in [0.2, 0.25) is 5.02 Å². The van der Waals surface area contributed by atoms with Gasteiger partial charge in [0.1, 0.15) is 5.75 Å². The molecule has 0 aliphatic rings. The van der Waals surface area contributed by atoms with Crippen molar-refractivity contribution in [2.75, 3.05) is 13.6 Å². The number of alkyl halides is 6. The molecular formula is C17H15ClF6N2O3S. The number of ether oxygens (including phenoxy) is 1. The molecule has 2 rings (SSSR count). The van der Waals surface area contributed by atoms with Crippen LogP contribution in [0.4, 0.5) is 26.3 Å². The molecule has 2 aromatic rings. The molecule has 0 heterocycles. The fourth-order valence-corrected chi connectivity index (χ4v) is 4.01. The fourth-order valence-electron chi connectivity index (χ4n) is 2.47. The lowest BCUT2D eigenvalue weighted by Gasteiger charge is -2.20. The van der Waals surface area contributed by atoms with E-state index in [4.69, 9.17) is 11.6 Å². The summed E-state index contributed by atoms with van der Waals surface area (Å²) >= 11 is 5.67. The number of sulfonamides is 1. The zero-order valence-electron chi connectivity index (χ0n) is 15.1. The summed E-state index contributed by atoms with van der Waals surface area (Å²) in [4.78, 5) is -0.491. The Morgan fingerprint density at radius 2 is 1.73 bits per heavy atom. The lowest BCUT2D eigenvalue weighted by Crippen LogP contribution is -2.34. The largest absolute Gasteiger partial charge is 0.573 e. The summed E-state index contributed by atoms with van der Waals surface area (Å²) in [7, 11) is -2.89. The average Bonchev–Trinajstić information content (AvgIpc) is 2.61. The van der Waals surface area contributed by atoms with Crippen LogP contribution in [-0.4, -0.2) is 28.4 Å². The molecule has 1 unspecified atom stereocenters. The number of hydrogen-bond donors (Lipinski definition) is 2. The molecule has 13 heteroatoms. The predicted octanol–water partition coefficient (Wildman–Crippen LogP) is 4.50. The minimum absolute atomic E-state index is 0.0332. The summed E-state index contributed by atoms with van der Waals surface area (Å²) in [5.74, 6) is -0.798. The number of likely N-dealkylation sites (N-methyl/N-ethyl adjacent to an activating group) is 1. The second kappa shape index (κ2) is 9.00. The molecule has 30 heavy (non-hydrogen) atoms. The lowest BCUT2D eigenvalue weighted by atomic mass is 10.0. The minimum atomic E-state index is -5.02. The van der Waals surface area contributed by atoms with Crippen molar-refractivity contribution in [2.45, 2.75) is 23.5 Å². The first-order valence-corrected chi connectivity index (χ1v) is 9.98. The first kappa shape index (κ1) is 24.3. The Kier molecular flexibility index (Phi) is 7.28. The first-order valence-electron chi connectivity index (χ1n) is 8.12. The summed E-state index contributed by atoms with van der Waals surface area (Å²) in [5.41, 5.74) is -0.928. The molecule has 5 nitrogen and oxygen atoms in total. The SMILES string of the molecule is CNCC(NS(=O)(=O)c1ccc(OC(F)(F)F)c(Cl)c1)c1cccc(C(F)(F)F)c1. The highest BCUT2D eigenvalue weighted by molar-refractivity contribution is 7.89. The third-order valence-corrected chi connectivity index (χ3v) is 5.53. The molecule has 0 aliphatic carbocycles. The number of rotatable bonds is 7. The van der Waals surface area contributed by atoms with E-state index < -0.39 is 49.8 Å². The van der Waals surface area contributed by atoms with Crippen LogP contribution in [0.3, 0.4) is 0 Å². The lowest BCUT2D eigenvalue weighted by molar-refractivity contribution is -0.274. The number of nitrogens with one attached hydrogen (secondary N) is 2. The zero-order valence-corrected chi connectivity index (χ0v) is 16.7. The van der Waals surface area contributed by atoms with Crippen LogP contribution in [0.1, 0.15) is 17.2 Å². The fraction of sp³-hybridized carbons (Fsp3) is 0.294. The molecule has 0 amide bonds. The van der Waals surface area contributed by atoms with E-state index in [2.05, 4.69) is 14.8 Å². The van der Waals surface area contributed by atoms with Crippen LogP contribution in [-0.2, 0) is 16.2 Å². The van der Waals surface area contributed by atoms with Crippen molar-refractivity contribution in [3.63, 3.8) is 0 Å². The van der Waals surface area contributed by atoms with Gasteiger partial charge in [-0.1, -0.05) is 23.7 Å². The van der Waals surface area contributed by atoms with E-state index in [0.29, 0.717) is 0 Å². The normalized spacial score (nSPS) is 13.9. The van der Waals surface area contributed by atoms with Gasteiger partial charge in [-0.3, -0.25) is 0 Å². The molecule has 0 bridgehead atoms. The van der Waals surface area contributed by atoms with Gasteiger partial charge in [0.25, 0.3) is 0 Å². The standard InChI is InChI=1S/C17H15ClF6N2O3S/c1-25-9-14(10-3-2-4-11(7-10)16(19,20)21)26-30(27,28)12-5-6-15(13(18)8-12)29-17(22,23)24/h2-8,14,25-26H,9H2,1H3. The topological polar surface area (TPSA) is 67.4 Å². The molecule has 0 fully saturated rings. The molecule has 0 radical (unpaired) electrons. The van der Waals surface area contributed by atoms with Crippen LogP contribution in [0.5, 0.6) is 5.75 Å². The molecule has 1 atom stereocenters. The second-order valence-electron chi connectivity index (χ2n) is 5.99. The van der Waals surface area contributed by atoms with Gasteiger partial charge in [0.05, 0.1) is 21.5 Å². The zero-order chi connectivity index (χ0) is 22.7. The predicted molar refractivity (Wildman–Crippen MR) is 96.6 cm³/mol. The van der Waals surface area contributed by atoms with Crippen molar-refractivity contribution in [2.24, 2.45) is 0 Å². The van der Waals surface area contributed by atoms with E-state index in [0.717, 1.165) is 36.4 Å². The summed E-state index contributed by atoms with van der Waals surface area (Å²) in [6.07, 6.45) is -9.65. The summed E-state index contributed by atoms with van der Waals surface area (Å²) < 4.78 is 107. The number of halogens is 7. The van der Waals surface area contributed by atoms with E-state index in [-0.39, 0.29) is 12.1 Å². The van der Waals surface area contributed by atoms with Gasteiger partial charge in [-0.25, -0.2) is 13.1 Å². The van der Waals surface area contributed by atoms with Gasteiger partial charge in [-0.15, -0.1) is 13.2 Å². The van der Waals surface area contributed by atoms with E-state index in [1.165, 1.54) is 13.1 Å². The first-order chi connectivity index (χ1) is 13.7. The maximum Gasteiger partial charge on any atom is 0.573 e. The molecule has 0 spiro atoms. The van der Waals surface area contributed by atoms with Crippen LogP contribution in [0.25, 0.3) is 0 Å². The van der Waals surface area contributed by atoms with E-state index >= 15 is 0 Å². The molecule has 0 aliphatic heterocycles. The molecule has 2 aromatic carbocycles. The summed E-state index contributed by atoms with van der Waals surface area (Å²) in [6.45, 7) is -0.0659. The molecule has 0 saturated carbocycles. The van der Waals surface area contributed by atoms with Crippen molar-refractivity contribution < 1.29 is 39.5 Å². The third kappa shape index (κ3) is 6.49. The van der Waals surface area contributed by atoms with Gasteiger partial charge in [0.2, 0.25) is 10.0 Å². The Hall–Kier alpha value is -2.02. The number of benzene rings is 2. The van der Waals surface area contributed by atoms with Crippen molar-refractivity contribution in [3.05, 3.63) is 58.6 Å². The van der Waals surface area contributed by atoms with Gasteiger partial charge in [0.15, 0.2) is 0 Å². The Morgan fingerprint density at radius 3 is 2.27 bits per heavy atom. The van der Waals surface area contributed by atoms with E-state index in [1.54, 1.807) is 0 Å². The molecule has 2 N–H and O–H groups in total. The molecule has 166 valence electrons. The third-order valence-electron chi connectivity index (χ3n) is 3.76. The van der Waals surface area contributed by atoms with Crippen LogP contribution < -0.4 is 14.8 Å². The average molecular weight is 477 g/mol. The van der Waals surface area contributed by atoms with Gasteiger partial charge in [0, 0.05) is 6.54 Å². The van der Waals surface area contributed by atoms with E-state index in [9.17, 15) is 34.8 Å².